The summed E-state index contributed by atoms with van der Waals surface area (Å²) < 4.78 is 16.5. The number of piperazine rings is 1. The zero-order valence-electron chi connectivity index (χ0n) is 26.6. The van der Waals surface area contributed by atoms with E-state index in [-0.39, 0.29) is 30.1 Å². The molecule has 4 aliphatic heterocycles. The van der Waals surface area contributed by atoms with E-state index < -0.39 is 29.7 Å². The first-order chi connectivity index (χ1) is 23.2. The van der Waals surface area contributed by atoms with Crippen LogP contribution in [0.4, 0.5) is 15.8 Å². The molecule has 5 aliphatic rings. The number of amides is 5. The van der Waals surface area contributed by atoms with E-state index in [2.05, 4.69) is 38.0 Å². The molecule has 12 heteroatoms. The third-order valence-corrected chi connectivity index (χ3v) is 10.4. The van der Waals surface area contributed by atoms with Gasteiger partial charge in [0, 0.05) is 61.8 Å². The van der Waals surface area contributed by atoms with E-state index in [0.29, 0.717) is 41.2 Å². The van der Waals surface area contributed by atoms with Crippen LogP contribution in [0.1, 0.15) is 68.9 Å². The van der Waals surface area contributed by atoms with Crippen molar-refractivity contribution in [2.45, 2.75) is 51.6 Å². The normalized spacial score (nSPS) is 22.3. The molecular weight excluding hydrogens is 615 g/mol. The summed E-state index contributed by atoms with van der Waals surface area (Å²) in [4.78, 5) is 69.6. The maximum atomic E-state index is 14.2. The molecular formula is C36H35FN6O5. The van der Waals surface area contributed by atoms with E-state index in [4.69, 9.17) is 0 Å². The molecule has 2 fully saturated rings. The number of aromatic nitrogens is 1. The zero-order valence-corrected chi connectivity index (χ0v) is 26.6. The van der Waals surface area contributed by atoms with Crippen molar-refractivity contribution < 1.29 is 28.4 Å². The Balaban J connectivity index is 0.933. The van der Waals surface area contributed by atoms with Crippen LogP contribution in [0, 0.1) is 12.7 Å². The summed E-state index contributed by atoms with van der Waals surface area (Å²) in [5, 5.41) is 5.15. The van der Waals surface area contributed by atoms with Crippen molar-refractivity contribution in [1.82, 2.24) is 19.7 Å². The summed E-state index contributed by atoms with van der Waals surface area (Å²) in [6, 6.07) is 10.9. The average Bonchev–Trinajstić information content (AvgIpc) is 3.77. The highest BCUT2D eigenvalue weighted by atomic mass is 19.1. The monoisotopic (exact) mass is 650 g/mol. The molecule has 0 radical (unpaired) electrons. The molecule has 5 amide bonds. The number of hydrogen-bond donors (Lipinski definition) is 2. The van der Waals surface area contributed by atoms with Crippen LogP contribution >= 0.6 is 0 Å². The van der Waals surface area contributed by atoms with Crippen molar-refractivity contribution >= 4 is 52.1 Å². The number of rotatable bonds is 6. The Morgan fingerprint density at radius 2 is 1.67 bits per heavy atom. The number of allylic oxidation sites excluding steroid dienone is 1. The van der Waals surface area contributed by atoms with Gasteiger partial charge in [-0.3, -0.25) is 39.1 Å². The molecule has 3 aromatic rings. The van der Waals surface area contributed by atoms with Crippen LogP contribution in [-0.4, -0.2) is 82.7 Å². The highest BCUT2D eigenvalue weighted by Crippen LogP contribution is 2.44. The third kappa shape index (κ3) is 4.85. The second kappa shape index (κ2) is 11.6. The van der Waals surface area contributed by atoms with Crippen molar-refractivity contribution in [2.24, 2.45) is 0 Å². The molecule has 1 unspecified atom stereocenters. The first kappa shape index (κ1) is 30.2. The second-order valence-electron chi connectivity index (χ2n) is 13.1. The first-order valence-corrected chi connectivity index (χ1v) is 16.6. The van der Waals surface area contributed by atoms with Crippen molar-refractivity contribution in [3.63, 3.8) is 0 Å². The SMILES string of the molecule is Cc1cc2c(n1CCCN1CCN(c3cccc4c3C(=O)N(C3CCC(=O)NC3=O)C4=O)CC1)/C(=C1\C(=O)Nc3ccc(F)cc31)CC2. The standard InChI is InChI=1S/C36H35FN6O5/c1-20-18-21-6-8-23(30-25-19-22(37)7-9-26(25)38-34(30)46)32(21)42(20)13-3-12-40-14-16-41(17-15-40)27-5-2-4-24-31(27)36(48)43(35(24)47)28-10-11-29(44)39-33(28)45/h2,4-5,7,9,18-19,28H,3,6,8,10-17H2,1H3,(H,38,46)(H,39,44,45)/b30-23-. The molecule has 8 rings (SSSR count). The van der Waals surface area contributed by atoms with Crippen molar-refractivity contribution in [2.75, 3.05) is 42.9 Å². The lowest BCUT2D eigenvalue weighted by Crippen LogP contribution is -2.54. The maximum absolute atomic E-state index is 14.2. The minimum atomic E-state index is -0.994. The molecule has 0 spiro atoms. The van der Waals surface area contributed by atoms with E-state index in [1.165, 1.54) is 17.7 Å². The topological polar surface area (TPSA) is 124 Å². The van der Waals surface area contributed by atoms with Crippen LogP contribution in [0.15, 0.2) is 42.5 Å². The molecule has 48 heavy (non-hydrogen) atoms. The fourth-order valence-electron chi connectivity index (χ4n) is 8.07. The van der Waals surface area contributed by atoms with Gasteiger partial charge in [-0.2, -0.15) is 0 Å². The van der Waals surface area contributed by atoms with E-state index in [9.17, 15) is 28.4 Å². The number of nitrogens with zero attached hydrogens (tertiary/aromatic N) is 4. The zero-order chi connectivity index (χ0) is 33.3. The molecule has 0 bridgehead atoms. The minimum absolute atomic E-state index is 0.0802. The number of carbonyl (C=O) groups is 5. The lowest BCUT2D eigenvalue weighted by molar-refractivity contribution is -0.136. The third-order valence-electron chi connectivity index (χ3n) is 10.4. The summed E-state index contributed by atoms with van der Waals surface area (Å²) >= 11 is 0. The summed E-state index contributed by atoms with van der Waals surface area (Å²) in [7, 11) is 0. The number of benzene rings is 2. The van der Waals surface area contributed by atoms with Gasteiger partial charge in [-0.05, 0) is 86.7 Å². The molecule has 2 saturated heterocycles. The van der Waals surface area contributed by atoms with Gasteiger partial charge in [0.15, 0.2) is 0 Å². The predicted octanol–water partition coefficient (Wildman–Crippen LogP) is 3.36. The number of anilines is 2. The predicted molar refractivity (Wildman–Crippen MR) is 176 cm³/mol. The number of imide groups is 2. The molecule has 1 aliphatic carbocycles. The van der Waals surface area contributed by atoms with Gasteiger partial charge < -0.3 is 14.8 Å². The lowest BCUT2D eigenvalue weighted by atomic mass is 9.99. The fraction of sp³-hybridized carbons (Fsp3) is 0.361. The highest BCUT2D eigenvalue weighted by molar-refractivity contribution is 6.37. The van der Waals surface area contributed by atoms with Gasteiger partial charge in [-0.15, -0.1) is 0 Å². The molecule has 2 aromatic carbocycles. The van der Waals surface area contributed by atoms with E-state index in [1.807, 2.05) is 6.07 Å². The van der Waals surface area contributed by atoms with Gasteiger partial charge >= 0.3 is 0 Å². The molecule has 0 saturated carbocycles. The number of hydrogen-bond acceptors (Lipinski definition) is 7. The summed E-state index contributed by atoms with van der Waals surface area (Å²) in [5.41, 5.74) is 7.59. The van der Waals surface area contributed by atoms with Crippen molar-refractivity contribution in [3.05, 3.63) is 81.9 Å². The Morgan fingerprint density at radius 3 is 2.46 bits per heavy atom. The minimum Gasteiger partial charge on any atom is -0.368 e. The van der Waals surface area contributed by atoms with Crippen molar-refractivity contribution in [3.8, 4) is 0 Å². The van der Waals surface area contributed by atoms with E-state index >= 15 is 0 Å². The van der Waals surface area contributed by atoms with Gasteiger partial charge in [-0.1, -0.05) is 6.07 Å². The first-order valence-electron chi connectivity index (χ1n) is 16.6. The summed E-state index contributed by atoms with van der Waals surface area (Å²) in [6.07, 6.45) is 2.70. The van der Waals surface area contributed by atoms with E-state index in [0.717, 1.165) is 67.3 Å². The molecule has 2 N–H and O–H groups in total. The number of aryl methyl sites for hydroxylation is 2. The van der Waals surface area contributed by atoms with Gasteiger partial charge in [0.1, 0.15) is 11.9 Å². The van der Waals surface area contributed by atoms with Crippen LogP contribution in [-0.2, 0) is 27.3 Å². The summed E-state index contributed by atoms with van der Waals surface area (Å²) in [6.45, 7) is 6.66. The van der Waals surface area contributed by atoms with Crippen LogP contribution in [0.2, 0.25) is 0 Å². The lowest BCUT2D eigenvalue weighted by Gasteiger charge is -2.37. The van der Waals surface area contributed by atoms with Crippen LogP contribution < -0.4 is 15.5 Å². The Bertz CT molecular complexity index is 1970. The largest absolute Gasteiger partial charge is 0.368 e. The fourth-order valence-corrected chi connectivity index (χ4v) is 8.07. The Kier molecular flexibility index (Phi) is 7.28. The molecule has 5 heterocycles. The van der Waals surface area contributed by atoms with Crippen LogP contribution in [0.3, 0.4) is 0 Å². The van der Waals surface area contributed by atoms with Gasteiger partial charge in [0.05, 0.1) is 22.4 Å². The Hall–Kier alpha value is -5.10. The maximum Gasteiger partial charge on any atom is 0.264 e. The average molecular weight is 651 g/mol. The quantitative estimate of drug-likeness (QED) is 0.310. The van der Waals surface area contributed by atoms with Crippen LogP contribution in [0.5, 0.6) is 0 Å². The van der Waals surface area contributed by atoms with E-state index in [1.54, 1.807) is 18.2 Å². The van der Waals surface area contributed by atoms with Gasteiger partial charge in [0.2, 0.25) is 11.8 Å². The highest BCUT2D eigenvalue weighted by Gasteiger charge is 2.46. The van der Waals surface area contributed by atoms with Crippen LogP contribution in [0.25, 0.3) is 11.1 Å². The second-order valence-corrected chi connectivity index (χ2v) is 13.1. The molecule has 1 atom stereocenters. The van der Waals surface area contributed by atoms with Gasteiger partial charge in [0.25, 0.3) is 17.7 Å². The summed E-state index contributed by atoms with van der Waals surface area (Å²) in [5.74, 6) is -2.55. The van der Waals surface area contributed by atoms with Gasteiger partial charge in [-0.25, -0.2) is 4.39 Å². The number of carbonyl (C=O) groups excluding carboxylic acids is 5. The number of fused-ring (bicyclic) bond motifs is 3. The number of halogens is 1. The molecule has 11 nitrogen and oxygen atoms in total. The molecule has 246 valence electrons. The Morgan fingerprint density at radius 1 is 0.854 bits per heavy atom. The van der Waals surface area contributed by atoms with Crippen molar-refractivity contribution in [1.29, 1.82) is 0 Å². The number of piperidine rings is 1. The Labute approximate surface area is 276 Å². The number of nitrogens with one attached hydrogen (secondary N) is 2. The smallest absolute Gasteiger partial charge is 0.264 e. The molecule has 1 aromatic heterocycles.